The summed E-state index contributed by atoms with van der Waals surface area (Å²) in [6, 6.07) is 7.14. The van der Waals surface area contributed by atoms with Gasteiger partial charge in [-0.05, 0) is 36.6 Å². The third-order valence-corrected chi connectivity index (χ3v) is 3.90. The van der Waals surface area contributed by atoms with E-state index in [-0.39, 0.29) is 25.1 Å². The van der Waals surface area contributed by atoms with E-state index in [0.29, 0.717) is 0 Å². The van der Waals surface area contributed by atoms with Gasteiger partial charge in [0, 0.05) is 6.08 Å². The molecule has 28 heavy (non-hydrogen) atoms. The molecule has 0 amide bonds. The molecule has 0 saturated carbocycles. The number of unbranched alkanes of at least 4 members (excludes halogenated alkanes) is 1. The van der Waals surface area contributed by atoms with E-state index in [1.807, 2.05) is 6.92 Å². The van der Waals surface area contributed by atoms with Gasteiger partial charge < -0.3 is 24.8 Å². The number of carboxylic acids is 1. The highest BCUT2D eigenvalue weighted by Crippen LogP contribution is 2.14. The average Bonchev–Trinajstić information content (AvgIpc) is 2.71. The number of aliphatic hydroxyl groups is 2. The maximum absolute atomic E-state index is 11.5. The van der Waals surface area contributed by atoms with E-state index in [1.54, 1.807) is 31.4 Å². The summed E-state index contributed by atoms with van der Waals surface area (Å²) in [5, 5.41) is 25.9. The van der Waals surface area contributed by atoms with Crippen LogP contribution in [0.25, 0.3) is 6.08 Å². The van der Waals surface area contributed by atoms with Crippen LogP contribution in [0.15, 0.2) is 30.3 Å². The van der Waals surface area contributed by atoms with Crippen molar-refractivity contribution in [3.05, 3.63) is 35.9 Å². The number of rotatable bonds is 11. The fourth-order valence-corrected chi connectivity index (χ4v) is 2.17. The number of esters is 1. The van der Waals surface area contributed by atoms with Gasteiger partial charge in [0.05, 0.1) is 19.6 Å². The first kappa shape index (κ1) is 25.6. The highest BCUT2D eigenvalue weighted by molar-refractivity contribution is 5.85. The van der Waals surface area contributed by atoms with Crippen molar-refractivity contribution in [3.63, 3.8) is 0 Å². The molecule has 0 aliphatic rings. The minimum absolute atomic E-state index is 0.0733. The second kappa shape index (κ2) is 15.7. The number of carbonyl (C=O) groups excluding carboxylic acids is 1. The maximum Gasteiger partial charge on any atom is 0.328 e. The fourth-order valence-electron chi connectivity index (χ4n) is 2.17. The Morgan fingerprint density at radius 3 is 2.29 bits per heavy atom. The summed E-state index contributed by atoms with van der Waals surface area (Å²) in [6.45, 7) is 3.54. The van der Waals surface area contributed by atoms with Crippen LogP contribution in [0.1, 0.15) is 45.1 Å². The van der Waals surface area contributed by atoms with Gasteiger partial charge in [0.25, 0.3) is 0 Å². The van der Waals surface area contributed by atoms with Gasteiger partial charge in [-0.1, -0.05) is 38.8 Å². The molecule has 0 radical (unpaired) electrons. The molecule has 0 spiro atoms. The smallest absolute Gasteiger partial charge is 0.328 e. The van der Waals surface area contributed by atoms with Crippen LogP contribution < -0.4 is 4.74 Å². The number of hydrogen-bond acceptors (Lipinski definition) is 6. The topological polar surface area (TPSA) is 113 Å². The monoisotopic (exact) mass is 396 g/mol. The average molecular weight is 396 g/mol. The first-order chi connectivity index (χ1) is 13.4. The Morgan fingerprint density at radius 1 is 1.18 bits per heavy atom. The predicted octanol–water partition coefficient (Wildman–Crippen LogP) is 2.89. The zero-order valence-electron chi connectivity index (χ0n) is 16.8. The van der Waals surface area contributed by atoms with Gasteiger partial charge in [0.2, 0.25) is 0 Å². The number of ether oxygens (including phenoxy) is 2. The van der Waals surface area contributed by atoms with Gasteiger partial charge in [0.15, 0.2) is 0 Å². The lowest BCUT2D eigenvalue weighted by molar-refractivity contribution is -0.152. The van der Waals surface area contributed by atoms with Crippen LogP contribution in [0.3, 0.4) is 0 Å². The number of aliphatic hydroxyl groups excluding tert-OH is 2. The lowest BCUT2D eigenvalue weighted by atomic mass is 10.00. The lowest BCUT2D eigenvalue weighted by Gasteiger charge is -2.15. The Bertz CT molecular complexity index is 581. The van der Waals surface area contributed by atoms with Crippen molar-refractivity contribution in [2.24, 2.45) is 5.92 Å². The standard InChI is InChI=1S/C11H22O4.C10H10O3/c1-3-5-6-9(4-2)11(14)15-8-10(13)7-12;1-13-9-5-2-8(3-6-9)4-7-10(11)12/h9-10,12-13H,3-8H2,1-2H3;2-7H,1H3,(H,11,12). The van der Waals surface area contributed by atoms with Crippen LogP contribution in [-0.4, -0.2) is 53.7 Å². The van der Waals surface area contributed by atoms with E-state index < -0.39 is 12.1 Å². The van der Waals surface area contributed by atoms with Gasteiger partial charge in [-0.15, -0.1) is 0 Å². The predicted molar refractivity (Wildman–Crippen MR) is 107 cm³/mol. The molecule has 1 rings (SSSR count). The van der Waals surface area contributed by atoms with Crippen LogP contribution in [-0.2, 0) is 14.3 Å². The fraction of sp³-hybridized carbons (Fsp3) is 0.524. The Morgan fingerprint density at radius 2 is 1.82 bits per heavy atom. The molecule has 7 heteroatoms. The summed E-state index contributed by atoms with van der Waals surface area (Å²) in [4.78, 5) is 21.7. The number of hydrogen-bond donors (Lipinski definition) is 3. The second-order valence-corrected chi connectivity index (χ2v) is 6.16. The molecular weight excluding hydrogens is 364 g/mol. The quantitative estimate of drug-likeness (QED) is 0.389. The molecule has 7 nitrogen and oxygen atoms in total. The Kier molecular flexibility index (Phi) is 14.3. The molecule has 2 unspecified atom stereocenters. The van der Waals surface area contributed by atoms with E-state index in [1.165, 1.54) is 6.08 Å². The van der Waals surface area contributed by atoms with Crippen molar-refractivity contribution in [2.75, 3.05) is 20.3 Å². The molecule has 0 bridgehead atoms. The van der Waals surface area contributed by atoms with Crippen LogP contribution in [0.2, 0.25) is 0 Å². The molecule has 0 heterocycles. The first-order valence-electron chi connectivity index (χ1n) is 9.38. The van der Waals surface area contributed by atoms with Crippen molar-refractivity contribution >= 4 is 18.0 Å². The van der Waals surface area contributed by atoms with E-state index in [4.69, 9.17) is 24.8 Å². The van der Waals surface area contributed by atoms with Crippen LogP contribution >= 0.6 is 0 Å². The molecule has 1 aromatic rings. The summed E-state index contributed by atoms with van der Waals surface area (Å²) < 4.78 is 9.85. The highest BCUT2D eigenvalue weighted by Gasteiger charge is 2.18. The van der Waals surface area contributed by atoms with Gasteiger partial charge in [-0.25, -0.2) is 4.79 Å². The van der Waals surface area contributed by atoms with Crippen LogP contribution in [0.5, 0.6) is 5.75 Å². The zero-order chi connectivity index (χ0) is 21.4. The zero-order valence-corrected chi connectivity index (χ0v) is 16.8. The van der Waals surface area contributed by atoms with E-state index in [9.17, 15) is 9.59 Å². The molecule has 0 saturated heterocycles. The molecule has 0 aromatic heterocycles. The van der Waals surface area contributed by atoms with E-state index in [0.717, 1.165) is 43.1 Å². The van der Waals surface area contributed by atoms with Crippen molar-refractivity contribution in [3.8, 4) is 5.75 Å². The molecule has 158 valence electrons. The second-order valence-electron chi connectivity index (χ2n) is 6.16. The van der Waals surface area contributed by atoms with E-state index >= 15 is 0 Å². The first-order valence-corrected chi connectivity index (χ1v) is 9.38. The van der Waals surface area contributed by atoms with Crippen LogP contribution in [0, 0.1) is 5.92 Å². The molecule has 0 aliphatic heterocycles. The van der Waals surface area contributed by atoms with Gasteiger partial charge >= 0.3 is 11.9 Å². The van der Waals surface area contributed by atoms with Crippen molar-refractivity contribution in [1.82, 2.24) is 0 Å². The van der Waals surface area contributed by atoms with Crippen molar-refractivity contribution in [1.29, 1.82) is 0 Å². The SMILES string of the molecule is CCCCC(CC)C(=O)OCC(O)CO.COc1ccc(C=CC(=O)O)cc1. The summed E-state index contributed by atoms with van der Waals surface area (Å²) in [7, 11) is 1.59. The molecule has 0 fully saturated rings. The summed E-state index contributed by atoms with van der Waals surface area (Å²) >= 11 is 0. The molecule has 0 aliphatic carbocycles. The normalized spacial score (nSPS) is 12.6. The highest BCUT2D eigenvalue weighted by atomic mass is 16.5. The minimum Gasteiger partial charge on any atom is -0.497 e. The third-order valence-electron chi connectivity index (χ3n) is 3.90. The largest absolute Gasteiger partial charge is 0.497 e. The van der Waals surface area contributed by atoms with E-state index in [2.05, 4.69) is 6.92 Å². The minimum atomic E-state index is -0.961. The third kappa shape index (κ3) is 12.1. The summed E-state index contributed by atoms with van der Waals surface area (Å²) in [6.07, 6.45) is 5.33. The molecule has 1 aromatic carbocycles. The summed E-state index contributed by atoms with van der Waals surface area (Å²) in [5.74, 6) is -0.530. The molecule has 2 atom stereocenters. The van der Waals surface area contributed by atoms with Crippen molar-refractivity contribution < 1.29 is 34.4 Å². The summed E-state index contributed by atoms with van der Waals surface area (Å²) in [5.41, 5.74) is 0.836. The lowest BCUT2D eigenvalue weighted by Crippen LogP contribution is -2.25. The number of carbonyl (C=O) groups is 2. The number of benzene rings is 1. The van der Waals surface area contributed by atoms with Gasteiger partial charge in [-0.2, -0.15) is 0 Å². The Balaban J connectivity index is 0.000000525. The number of methoxy groups -OCH3 is 1. The number of carboxylic acid groups (broad SMARTS) is 1. The van der Waals surface area contributed by atoms with Crippen LogP contribution in [0.4, 0.5) is 0 Å². The Hall–Kier alpha value is -2.38. The maximum atomic E-state index is 11.5. The van der Waals surface area contributed by atoms with Gasteiger partial charge in [0.1, 0.15) is 18.5 Å². The Labute approximate surface area is 166 Å². The molecular formula is C21H32O7. The van der Waals surface area contributed by atoms with Crippen molar-refractivity contribution in [2.45, 2.75) is 45.6 Å². The molecule has 3 N–H and O–H groups in total. The van der Waals surface area contributed by atoms with Gasteiger partial charge in [-0.3, -0.25) is 4.79 Å². The number of aliphatic carboxylic acids is 1.